The Morgan fingerprint density at radius 3 is 2.12 bits per heavy atom. The van der Waals surface area contributed by atoms with Gasteiger partial charge >= 0.3 is 5.97 Å². The number of allylic oxidation sites excluding steroid dienone is 1. The van der Waals surface area contributed by atoms with Gasteiger partial charge < -0.3 is 4.74 Å². The van der Waals surface area contributed by atoms with E-state index in [4.69, 9.17) is 4.74 Å². The summed E-state index contributed by atoms with van der Waals surface area (Å²) in [5, 5.41) is 0. The van der Waals surface area contributed by atoms with Crippen molar-refractivity contribution in [2.24, 2.45) is 11.8 Å². The molecule has 2 aliphatic rings. The highest BCUT2D eigenvalue weighted by atomic mass is 32.2. The zero-order chi connectivity index (χ0) is 18.0. The van der Waals surface area contributed by atoms with E-state index in [-0.39, 0.29) is 21.9 Å². The van der Waals surface area contributed by atoms with Crippen LogP contribution in [-0.4, -0.2) is 16.7 Å². The molecule has 1 heterocycles. The van der Waals surface area contributed by atoms with Crippen molar-refractivity contribution in [1.29, 1.82) is 0 Å². The Morgan fingerprint density at radius 2 is 1.54 bits per heavy atom. The van der Waals surface area contributed by atoms with Gasteiger partial charge in [0.1, 0.15) is 0 Å². The molecule has 0 saturated carbocycles. The molecule has 2 aromatic carbocycles. The van der Waals surface area contributed by atoms with E-state index < -0.39 is 0 Å². The Bertz CT molecular complexity index is 760. The van der Waals surface area contributed by atoms with Crippen LogP contribution in [0.25, 0.3) is 0 Å². The zero-order valence-corrected chi connectivity index (χ0v) is 16.4. The standard InChI is InChI=1S/C22H22O2S2/c1-16-14-19-20(12-13-24-21(19)23)22(15-16,25-17-8-4-2-5-9-17)26-18-10-6-3-7-11-18/h2-11,15,19-20H,12-14H2,1H3/t19-,20+/m1/s1. The topological polar surface area (TPSA) is 26.3 Å². The molecule has 0 radical (unpaired) electrons. The van der Waals surface area contributed by atoms with Crippen LogP contribution in [0.4, 0.5) is 0 Å². The maximum absolute atomic E-state index is 12.5. The third-order valence-electron chi connectivity index (χ3n) is 5.01. The molecule has 26 heavy (non-hydrogen) atoms. The van der Waals surface area contributed by atoms with Crippen molar-refractivity contribution < 1.29 is 9.53 Å². The average Bonchev–Trinajstić information content (AvgIpc) is 2.64. The third kappa shape index (κ3) is 3.58. The van der Waals surface area contributed by atoms with Crippen LogP contribution < -0.4 is 0 Å². The third-order valence-corrected chi connectivity index (χ3v) is 8.00. The van der Waals surface area contributed by atoms with Gasteiger partial charge in [0.15, 0.2) is 0 Å². The molecule has 2 aromatic rings. The molecule has 0 spiro atoms. The van der Waals surface area contributed by atoms with Crippen LogP contribution in [0.3, 0.4) is 0 Å². The van der Waals surface area contributed by atoms with Gasteiger partial charge in [-0.2, -0.15) is 0 Å². The first-order valence-corrected chi connectivity index (χ1v) is 10.6. The second-order valence-corrected chi connectivity index (χ2v) is 9.88. The monoisotopic (exact) mass is 382 g/mol. The average molecular weight is 383 g/mol. The van der Waals surface area contributed by atoms with Gasteiger partial charge in [0.2, 0.25) is 0 Å². The van der Waals surface area contributed by atoms with Crippen molar-refractivity contribution in [3.63, 3.8) is 0 Å². The summed E-state index contributed by atoms with van der Waals surface area (Å²) in [6.45, 7) is 2.67. The van der Waals surface area contributed by atoms with Gasteiger partial charge in [0, 0.05) is 15.7 Å². The first-order chi connectivity index (χ1) is 12.7. The highest BCUT2D eigenvalue weighted by Gasteiger charge is 2.50. The molecule has 0 unspecified atom stereocenters. The molecule has 1 saturated heterocycles. The van der Waals surface area contributed by atoms with Crippen LogP contribution >= 0.6 is 23.5 Å². The molecule has 2 nitrogen and oxygen atoms in total. The second-order valence-electron chi connectivity index (χ2n) is 6.92. The Hall–Kier alpha value is -1.65. The van der Waals surface area contributed by atoms with Gasteiger partial charge in [-0.05, 0) is 44.0 Å². The van der Waals surface area contributed by atoms with Gasteiger partial charge in [-0.25, -0.2) is 0 Å². The number of benzene rings is 2. The SMILES string of the molecule is CC1=CC(Sc2ccccc2)(Sc2ccccc2)[C@H]2CCOC(=O)[C@@H]2C1. The summed E-state index contributed by atoms with van der Waals surface area (Å²) in [6.07, 6.45) is 4.14. The fraction of sp³-hybridized carbons (Fsp3) is 0.318. The van der Waals surface area contributed by atoms with Crippen molar-refractivity contribution in [2.45, 2.75) is 33.6 Å². The molecule has 1 aliphatic heterocycles. The van der Waals surface area contributed by atoms with Crippen molar-refractivity contribution in [1.82, 2.24) is 0 Å². The van der Waals surface area contributed by atoms with E-state index in [9.17, 15) is 4.79 Å². The summed E-state index contributed by atoms with van der Waals surface area (Å²) in [7, 11) is 0. The molecule has 4 rings (SSSR count). The molecule has 134 valence electrons. The minimum Gasteiger partial charge on any atom is -0.465 e. The number of esters is 1. The number of carbonyl (C=O) groups is 1. The van der Waals surface area contributed by atoms with Crippen molar-refractivity contribution in [3.05, 3.63) is 72.3 Å². The van der Waals surface area contributed by atoms with E-state index in [2.05, 4.69) is 61.5 Å². The number of cyclic esters (lactones) is 1. The molecule has 0 N–H and O–H groups in total. The molecule has 2 atom stereocenters. The van der Waals surface area contributed by atoms with E-state index in [0.29, 0.717) is 6.61 Å². The number of hydrogen-bond acceptors (Lipinski definition) is 4. The fourth-order valence-electron chi connectivity index (χ4n) is 3.90. The minimum absolute atomic E-state index is 0.0274. The Balaban J connectivity index is 1.78. The van der Waals surface area contributed by atoms with Gasteiger partial charge in [-0.1, -0.05) is 48.0 Å². The highest BCUT2D eigenvalue weighted by Crippen LogP contribution is 2.58. The molecule has 1 aliphatic carbocycles. The summed E-state index contributed by atoms with van der Waals surface area (Å²) < 4.78 is 5.21. The second kappa shape index (κ2) is 7.53. The molecule has 0 aromatic heterocycles. The summed E-state index contributed by atoms with van der Waals surface area (Å²) in [4.78, 5) is 15.0. The lowest BCUT2D eigenvalue weighted by Crippen LogP contribution is -2.45. The van der Waals surface area contributed by atoms with Crippen molar-refractivity contribution >= 4 is 29.5 Å². The predicted octanol–water partition coefficient (Wildman–Crippen LogP) is 5.80. The van der Waals surface area contributed by atoms with Crippen LogP contribution in [0.5, 0.6) is 0 Å². The Labute approximate surface area is 163 Å². The Kier molecular flexibility index (Phi) is 5.14. The van der Waals surface area contributed by atoms with Gasteiger partial charge in [-0.3, -0.25) is 4.79 Å². The first kappa shape index (κ1) is 17.7. The quantitative estimate of drug-likeness (QED) is 0.379. The normalized spacial score (nSPS) is 24.3. The number of carbonyl (C=O) groups excluding carboxylic acids is 1. The number of rotatable bonds is 4. The maximum atomic E-state index is 12.5. The molecular weight excluding hydrogens is 360 g/mol. The number of hydrogen-bond donors (Lipinski definition) is 0. The maximum Gasteiger partial charge on any atom is 0.309 e. The summed E-state index contributed by atoms with van der Waals surface area (Å²) in [5.41, 5.74) is 1.27. The largest absolute Gasteiger partial charge is 0.465 e. The summed E-state index contributed by atoms with van der Waals surface area (Å²) >= 11 is 3.75. The van der Waals surface area contributed by atoms with Gasteiger partial charge in [0.05, 0.1) is 16.6 Å². The van der Waals surface area contributed by atoms with Crippen LogP contribution in [0.1, 0.15) is 19.8 Å². The highest BCUT2D eigenvalue weighted by molar-refractivity contribution is 8.18. The van der Waals surface area contributed by atoms with Gasteiger partial charge in [0.25, 0.3) is 0 Å². The lowest BCUT2D eigenvalue weighted by Gasteiger charge is -2.46. The zero-order valence-electron chi connectivity index (χ0n) is 14.8. The molecule has 4 heteroatoms. The van der Waals surface area contributed by atoms with E-state index in [0.717, 1.165) is 12.8 Å². The van der Waals surface area contributed by atoms with Crippen LogP contribution in [0.15, 0.2) is 82.1 Å². The van der Waals surface area contributed by atoms with Crippen molar-refractivity contribution in [2.75, 3.05) is 6.61 Å². The Morgan fingerprint density at radius 1 is 0.962 bits per heavy atom. The molecule has 0 amide bonds. The first-order valence-electron chi connectivity index (χ1n) is 8.99. The van der Waals surface area contributed by atoms with E-state index in [1.807, 2.05) is 35.7 Å². The summed E-state index contributed by atoms with van der Waals surface area (Å²) in [5.74, 6) is 0.199. The van der Waals surface area contributed by atoms with E-state index in [1.165, 1.54) is 15.4 Å². The van der Waals surface area contributed by atoms with Crippen LogP contribution in [0.2, 0.25) is 0 Å². The molecule has 1 fully saturated rings. The lowest BCUT2D eigenvalue weighted by molar-refractivity contribution is -0.156. The number of thioether (sulfide) groups is 2. The summed E-state index contributed by atoms with van der Waals surface area (Å²) in [6, 6.07) is 21.0. The smallest absolute Gasteiger partial charge is 0.309 e. The minimum atomic E-state index is -0.199. The van der Waals surface area contributed by atoms with E-state index in [1.54, 1.807) is 0 Å². The number of fused-ring (bicyclic) bond motifs is 1. The fourth-order valence-corrected chi connectivity index (χ4v) is 7.35. The molecular formula is C22H22O2S2. The van der Waals surface area contributed by atoms with Crippen LogP contribution in [0, 0.1) is 11.8 Å². The lowest BCUT2D eigenvalue weighted by atomic mass is 9.76. The van der Waals surface area contributed by atoms with E-state index >= 15 is 0 Å². The number of ether oxygens (including phenoxy) is 1. The molecule has 0 bridgehead atoms. The van der Waals surface area contributed by atoms with Gasteiger partial charge in [-0.15, -0.1) is 23.5 Å². The predicted molar refractivity (Wildman–Crippen MR) is 108 cm³/mol. The van der Waals surface area contributed by atoms with Crippen molar-refractivity contribution in [3.8, 4) is 0 Å². The van der Waals surface area contributed by atoms with Crippen LogP contribution in [-0.2, 0) is 9.53 Å².